The van der Waals surface area contributed by atoms with Crippen LogP contribution in [0.5, 0.6) is 0 Å². The van der Waals surface area contributed by atoms with Gasteiger partial charge in [-0.05, 0) is 30.2 Å². The Hall–Kier alpha value is 0.01000. The molecule has 80 valence electrons. The standard InChI is InChI=1S/C11H19NS2/c1-9(2)7-13-8-10(12-3)11-5-4-6-14-11/h4-6,9-10,12H,7-8H2,1-3H3. The molecule has 1 unspecified atom stereocenters. The number of thiophene rings is 1. The summed E-state index contributed by atoms with van der Waals surface area (Å²) < 4.78 is 0. The van der Waals surface area contributed by atoms with Crippen molar-refractivity contribution in [2.45, 2.75) is 19.9 Å². The third kappa shape index (κ3) is 4.03. The van der Waals surface area contributed by atoms with E-state index in [9.17, 15) is 0 Å². The van der Waals surface area contributed by atoms with Crippen molar-refractivity contribution in [1.82, 2.24) is 5.32 Å². The normalized spacial score (nSPS) is 13.4. The van der Waals surface area contributed by atoms with Crippen LogP contribution in [0.2, 0.25) is 0 Å². The molecule has 0 fully saturated rings. The van der Waals surface area contributed by atoms with Gasteiger partial charge in [-0.15, -0.1) is 11.3 Å². The summed E-state index contributed by atoms with van der Waals surface area (Å²) in [6.07, 6.45) is 0. The third-order valence-electron chi connectivity index (χ3n) is 1.97. The third-order valence-corrected chi connectivity index (χ3v) is 4.43. The molecule has 0 aromatic carbocycles. The van der Waals surface area contributed by atoms with E-state index in [1.54, 1.807) is 0 Å². The van der Waals surface area contributed by atoms with Gasteiger partial charge in [0.25, 0.3) is 0 Å². The van der Waals surface area contributed by atoms with Crippen LogP contribution in [-0.4, -0.2) is 18.6 Å². The van der Waals surface area contributed by atoms with Crippen LogP contribution in [0.1, 0.15) is 24.8 Å². The van der Waals surface area contributed by atoms with Gasteiger partial charge in [0.1, 0.15) is 0 Å². The first-order valence-electron chi connectivity index (χ1n) is 5.02. The van der Waals surface area contributed by atoms with Crippen molar-refractivity contribution in [3.8, 4) is 0 Å². The van der Waals surface area contributed by atoms with Crippen molar-refractivity contribution < 1.29 is 0 Å². The van der Waals surface area contributed by atoms with Crippen LogP contribution in [0, 0.1) is 5.92 Å². The highest BCUT2D eigenvalue weighted by Gasteiger charge is 2.09. The Morgan fingerprint density at radius 1 is 1.43 bits per heavy atom. The first-order valence-corrected chi connectivity index (χ1v) is 7.06. The van der Waals surface area contributed by atoms with E-state index in [0.717, 1.165) is 5.92 Å². The Bertz CT molecular complexity index is 231. The molecule has 1 aromatic heterocycles. The molecule has 0 saturated carbocycles. The lowest BCUT2D eigenvalue weighted by Crippen LogP contribution is -2.18. The van der Waals surface area contributed by atoms with Crippen molar-refractivity contribution in [3.63, 3.8) is 0 Å². The molecule has 1 N–H and O–H groups in total. The fourth-order valence-corrected chi connectivity index (χ4v) is 3.35. The van der Waals surface area contributed by atoms with E-state index in [1.807, 2.05) is 30.1 Å². The fraction of sp³-hybridized carbons (Fsp3) is 0.636. The molecule has 0 saturated heterocycles. The predicted octanol–water partition coefficient (Wildman–Crippen LogP) is 3.40. The van der Waals surface area contributed by atoms with E-state index in [2.05, 4.69) is 36.7 Å². The highest BCUT2D eigenvalue weighted by atomic mass is 32.2. The Morgan fingerprint density at radius 2 is 2.21 bits per heavy atom. The summed E-state index contributed by atoms with van der Waals surface area (Å²) in [4.78, 5) is 1.45. The second-order valence-electron chi connectivity index (χ2n) is 3.79. The smallest absolute Gasteiger partial charge is 0.0504 e. The lowest BCUT2D eigenvalue weighted by molar-refractivity contribution is 0.670. The molecular formula is C11H19NS2. The van der Waals surface area contributed by atoms with Crippen molar-refractivity contribution in [2.24, 2.45) is 5.92 Å². The zero-order valence-electron chi connectivity index (χ0n) is 9.12. The van der Waals surface area contributed by atoms with Gasteiger partial charge in [-0.1, -0.05) is 19.9 Å². The van der Waals surface area contributed by atoms with E-state index in [0.29, 0.717) is 6.04 Å². The van der Waals surface area contributed by atoms with Gasteiger partial charge < -0.3 is 5.32 Å². The van der Waals surface area contributed by atoms with E-state index in [4.69, 9.17) is 0 Å². The van der Waals surface area contributed by atoms with Crippen molar-refractivity contribution in [2.75, 3.05) is 18.6 Å². The number of thioether (sulfide) groups is 1. The Labute approximate surface area is 95.3 Å². The topological polar surface area (TPSA) is 12.0 Å². The number of hydrogen-bond donors (Lipinski definition) is 1. The number of hydrogen-bond acceptors (Lipinski definition) is 3. The Balaban J connectivity index is 2.33. The van der Waals surface area contributed by atoms with Gasteiger partial charge in [0.05, 0.1) is 6.04 Å². The quantitative estimate of drug-likeness (QED) is 0.802. The highest BCUT2D eigenvalue weighted by molar-refractivity contribution is 7.99. The molecule has 0 spiro atoms. The maximum atomic E-state index is 3.37. The van der Waals surface area contributed by atoms with E-state index in [1.165, 1.54) is 16.4 Å². The molecule has 0 radical (unpaired) electrons. The van der Waals surface area contributed by atoms with Gasteiger partial charge in [0, 0.05) is 10.6 Å². The van der Waals surface area contributed by atoms with Crippen LogP contribution in [0.3, 0.4) is 0 Å². The molecule has 14 heavy (non-hydrogen) atoms. The van der Waals surface area contributed by atoms with Gasteiger partial charge in [-0.3, -0.25) is 0 Å². The monoisotopic (exact) mass is 229 g/mol. The van der Waals surface area contributed by atoms with E-state index in [-0.39, 0.29) is 0 Å². The maximum absolute atomic E-state index is 3.37. The van der Waals surface area contributed by atoms with Gasteiger partial charge in [0.2, 0.25) is 0 Å². The zero-order chi connectivity index (χ0) is 10.4. The SMILES string of the molecule is CNC(CSCC(C)C)c1cccs1. The van der Waals surface area contributed by atoms with Crippen LogP contribution in [0.15, 0.2) is 17.5 Å². The minimum Gasteiger partial charge on any atom is -0.312 e. The molecule has 1 rings (SSSR count). The number of nitrogens with one attached hydrogen (secondary N) is 1. The minimum atomic E-state index is 0.527. The summed E-state index contributed by atoms with van der Waals surface area (Å²) in [6.45, 7) is 4.54. The Morgan fingerprint density at radius 3 is 2.71 bits per heavy atom. The van der Waals surface area contributed by atoms with Crippen molar-refractivity contribution in [1.29, 1.82) is 0 Å². The summed E-state index contributed by atoms with van der Waals surface area (Å²) >= 11 is 3.88. The lowest BCUT2D eigenvalue weighted by atomic mass is 10.3. The van der Waals surface area contributed by atoms with Crippen LogP contribution >= 0.6 is 23.1 Å². The first-order chi connectivity index (χ1) is 6.74. The first kappa shape index (κ1) is 12.1. The molecule has 0 aliphatic heterocycles. The summed E-state index contributed by atoms with van der Waals surface area (Å²) in [5, 5.41) is 5.51. The van der Waals surface area contributed by atoms with Crippen molar-refractivity contribution in [3.05, 3.63) is 22.4 Å². The maximum Gasteiger partial charge on any atom is 0.0504 e. The molecule has 0 aliphatic carbocycles. The highest BCUT2D eigenvalue weighted by Crippen LogP contribution is 2.23. The zero-order valence-corrected chi connectivity index (χ0v) is 10.8. The van der Waals surface area contributed by atoms with Crippen LogP contribution in [0.4, 0.5) is 0 Å². The molecule has 1 atom stereocenters. The summed E-state index contributed by atoms with van der Waals surface area (Å²) in [6, 6.07) is 4.86. The van der Waals surface area contributed by atoms with E-state index < -0.39 is 0 Å². The average molecular weight is 229 g/mol. The summed E-state index contributed by atoms with van der Waals surface area (Å²) in [7, 11) is 2.04. The second kappa shape index (κ2) is 6.49. The summed E-state index contributed by atoms with van der Waals surface area (Å²) in [5.74, 6) is 3.22. The molecule has 1 aromatic rings. The second-order valence-corrected chi connectivity index (χ2v) is 5.84. The van der Waals surface area contributed by atoms with Crippen LogP contribution in [0.25, 0.3) is 0 Å². The molecule has 0 aliphatic rings. The average Bonchev–Trinajstić information content (AvgIpc) is 2.64. The number of rotatable bonds is 6. The fourth-order valence-electron chi connectivity index (χ4n) is 1.22. The predicted molar refractivity (Wildman–Crippen MR) is 68.3 cm³/mol. The summed E-state index contributed by atoms with van der Waals surface area (Å²) in [5.41, 5.74) is 0. The molecular weight excluding hydrogens is 210 g/mol. The molecule has 3 heteroatoms. The molecule has 0 bridgehead atoms. The van der Waals surface area contributed by atoms with E-state index >= 15 is 0 Å². The molecule has 0 amide bonds. The largest absolute Gasteiger partial charge is 0.312 e. The van der Waals surface area contributed by atoms with Crippen molar-refractivity contribution >= 4 is 23.1 Å². The van der Waals surface area contributed by atoms with Gasteiger partial charge in [-0.2, -0.15) is 11.8 Å². The minimum absolute atomic E-state index is 0.527. The molecule has 1 heterocycles. The van der Waals surface area contributed by atoms with Gasteiger partial charge in [0.15, 0.2) is 0 Å². The van der Waals surface area contributed by atoms with Crippen LogP contribution in [-0.2, 0) is 0 Å². The Kier molecular flexibility index (Phi) is 5.60. The lowest BCUT2D eigenvalue weighted by Gasteiger charge is -2.14. The van der Waals surface area contributed by atoms with Gasteiger partial charge >= 0.3 is 0 Å². The van der Waals surface area contributed by atoms with Gasteiger partial charge in [-0.25, -0.2) is 0 Å². The molecule has 1 nitrogen and oxygen atoms in total. The van der Waals surface area contributed by atoms with Crippen LogP contribution < -0.4 is 5.32 Å².